The quantitative estimate of drug-likeness (QED) is 0.0926. The number of hydrogen-bond donors (Lipinski definition) is 0. The van der Waals surface area contributed by atoms with Crippen LogP contribution in [-0.2, 0) is 29.7 Å². The molecule has 0 saturated carbocycles. The predicted molar refractivity (Wildman–Crippen MR) is 168 cm³/mol. The average molecular weight is 626 g/mol. The van der Waals surface area contributed by atoms with Crippen molar-refractivity contribution in [2.24, 2.45) is 0 Å². The molecular weight excluding hydrogens is 588 g/mol. The highest BCUT2D eigenvalue weighted by Gasteiger charge is 2.26. The van der Waals surface area contributed by atoms with Gasteiger partial charge in [0.2, 0.25) is 11.9 Å². The van der Waals surface area contributed by atoms with Crippen molar-refractivity contribution in [2.45, 2.75) is 20.6 Å². The van der Waals surface area contributed by atoms with Crippen molar-refractivity contribution in [3.8, 4) is 28.0 Å². The van der Waals surface area contributed by atoms with Gasteiger partial charge in [0.25, 0.3) is 0 Å². The number of amides is 1. The van der Waals surface area contributed by atoms with Crippen LogP contribution in [-0.4, -0.2) is 73.4 Å². The Hall–Kier alpha value is -3.93. The van der Waals surface area contributed by atoms with Crippen LogP contribution in [0.1, 0.15) is 13.8 Å². The number of likely N-dealkylation sites (N-methyl/N-ethyl adjacent to an activating group) is 2. The second-order valence-electron chi connectivity index (χ2n) is 10.00. The van der Waals surface area contributed by atoms with Crippen molar-refractivity contribution in [1.82, 2.24) is 19.4 Å². The Morgan fingerprint density at radius 3 is 2.41 bits per heavy atom. The predicted octanol–water partition coefficient (Wildman–Crippen LogP) is 6.15. The van der Waals surface area contributed by atoms with Gasteiger partial charge in [-0.1, -0.05) is 6.08 Å². The molecule has 0 aliphatic carbocycles. The molecule has 0 aliphatic heterocycles. The molecule has 3 aromatic heterocycles. The molecule has 11 nitrogen and oxygen atoms in total. The molecule has 0 aliphatic rings. The van der Waals surface area contributed by atoms with Crippen molar-refractivity contribution in [3.63, 3.8) is 0 Å². The fourth-order valence-corrected chi connectivity index (χ4v) is 5.58. The molecule has 0 unspecified atom stereocenters. The first kappa shape index (κ1) is 33.0. The lowest BCUT2D eigenvalue weighted by atomic mass is 10.0. The maximum absolute atomic E-state index is 14.2. The summed E-state index contributed by atoms with van der Waals surface area (Å²) in [5.74, 6) is -0.264. The van der Waals surface area contributed by atoms with Crippen LogP contribution in [0.25, 0.3) is 33.3 Å². The van der Waals surface area contributed by atoms with Gasteiger partial charge in [-0.25, -0.2) is 14.5 Å². The first-order valence-electron chi connectivity index (χ1n) is 14.0. The number of rotatable bonds is 14. The van der Waals surface area contributed by atoms with Crippen LogP contribution in [0.15, 0.2) is 67.1 Å². The van der Waals surface area contributed by atoms with Crippen LogP contribution in [0.4, 0.5) is 10.1 Å². The summed E-state index contributed by atoms with van der Waals surface area (Å²) >= 11 is 0. The SMILES string of the molecule is CCOP(=O)(OCC)OCn1cc(-c2ccnc(F)c2)c2cc(-c3cc(OC)cc(N(C)C(=O)/C=C/CN(C)C)c3)cnc21. The lowest BCUT2D eigenvalue weighted by Crippen LogP contribution is -2.24. The van der Waals surface area contributed by atoms with E-state index in [0.717, 1.165) is 11.1 Å². The van der Waals surface area contributed by atoms with Gasteiger partial charge in [0.05, 0.1) is 20.3 Å². The summed E-state index contributed by atoms with van der Waals surface area (Å²) in [6, 6.07) is 10.4. The third kappa shape index (κ3) is 7.96. The molecule has 13 heteroatoms. The molecule has 0 atom stereocenters. The lowest BCUT2D eigenvalue weighted by molar-refractivity contribution is -0.113. The monoisotopic (exact) mass is 625 g/mol. The number of phosphoric acid groups is 1. The Kier molecular flexibility index (Phi) is 11.0. The van der Waals surface area contributed by atoms with Gasteiger partial charge in [-0.15, -0.1) is 0 Å². The van der Waals surface area contributed by atoms with Crippen LogP contribution < -0.4 is 9.64 Å². The van der Waals surface area contributed by atoms with Gasteiger partial charge in [0, 0.05) is 72.6 Å². The molecule has 4 rings (SSSR count). The normalized spacial score (nSPS) is 12.0. The number of phosphoric ester groups is 1. The smallest absolute Gasteiger partial charge is 0.476 e. The first-order chi connectivity index (χ1) is 21.1. The van der Waals surface area contributed by atoms with E-state index in [-0.39, 0.29) is 25.9 Å². The van der Waals surface area contributed by atoms with Gasteiger partial charge in [0.1, 0.15) is 18.1 Å². The molecule has 0 bridgehead atoms. The highest BCUT2D eigenvalue weighted by molar-refractivity contribution is 7.48. The minimum Gasteiger partial charge on any atom is -0.497 e. The van der Waals surface area contributed by atoms with Crippen molar-refractivity contribution in [3.05, 3.63) is 73.1 Å². The van der Waals surface area contributed by atoms with E-state index in [1.54, 1.807) is 63.2 Å². The number of nitrogens with zero attached hydrogens (tertiary/aromatic N) is 5. The summed E-state index contributed by atoms with van der Waals surface area (Å²) in [6.07, 6.45) is 8.14. The Labute approximate surface area is 256 Å². The highest BCUT2D eigenvalue weighted by atomic mass is 31.2. The Balaban J connectivity index is 1.78. The van der Waals surface area contributed by atoms with E-state index in [9.17, 15) is 13.8 Å². The van der Waals surface area contributed by atoms with Gasteiger partial charge in [-0.05, 0) is 63.3 Å². The summed E-state index contributed by atoms with van der Waals surface area (Å²) in [7, 11) is 3.30. The topological polar surface area (TPSA) is 108 Å². The summed E-state index contributed by atoms with van der Waals surface area (Å²) < 4.78 is 50.5. The molecule has 0 fully saturated rings. The standard InChI is InChI=1S/C31H37FN5O6P/c1-7-41-44(39,42-8-2)43-21-37-20-28(22-11-12-33-29(32)17-22)27-16-24(19-34-31(27)37)23-14-25(18-26(15-23)40-6)36(5)30(38)10-9-13-35(3)4/h9-12,14-20H,7-8,13,21H2,1-6H3/b10-9+. The van der Waals surface area contributed by atoms with E-state index in [0.29, 0.717) is 40.1 Å². The number of methoxy groups -OCH3 is 1. The minimum atomic E-state index is -3.81. The van der Waals surface area contributed by atoms with Gasteiger partial charge in [0.15, 0.2) is 0 Å². The molecule has 234 valence electrons. The van der Waals surface area contributed by atoms with E-state index >= 15 is 0 Å². The minimum absolute atomic E-state index is 0.141. The summed E-state index contributed by atoms with van der Waals surface area (Å²) in [5.41, 5.74) is 3.83. The molecule has 0 radical (unpaired) electrons. The van der Waals surface area contributed by atoms with Crippen molar-refractivity contribution >= 4 is 30.5 Å². The zero-order chi connectivity index (χ0) is 31.9. The number of halogens is 1. The number of fused-ring (bicyclic) bond motifs is 1. The molecule has 1 aromatic carbocycles. The molecule has 0 saturated heterocycles. The van der Waals surface area contributed by atoms with E-state index in [2.05, 4.69) is 4.98 Å². The summed E-state index contributed by atoms with van der Waals surface area (Å²) in [5, 5.41) is 0.680. The Bertz CT molecular complexity index is 1680. The molecular formula is C31H37FN5O6P. The Morgan fingerprint density at radius 1 is 1.00 bits per heavy atom. The number of benzene rings is 1. The average Bonchev–Trinajstić information content (AvgIpc) is 3.37. The maximum atomic E-state index is 14.2. The van der Waals surface area contributed by atoms with Crippen molar-refractivity contribution < 1.29 is 32.1 Å². The van der Waals surface area contributed by atoms with Crippen LogP contribution in [0.2, 0.25) is 0 Å². The van der Waals surface area contributed by atoms with Gasteiger partial charge >= 0.3 is 7.82 Å². The molecule has 3 heterocycles. The van der Waals surface area contributed by atoms with Crippen LogP contribution >= 0.6 is 7.82 Å². The number of carbonyl (C=O) groups excluding carboxylic acids is 1. The van der Waals surface area contributed by atoms with Crippen molar-refractivity contribution in [2.75, 3.05) is 52.9 Å². The number of anilines is 1. The zero-order valence-corrected chi connectivity index (χ0v) is 26.6. The second kappa shape index (κ2) is 14.7. The van der Waals surface area contributed by atoms with E-state index in [4.69, 9.17) is 23.3 Å². The van der Waals surface area contributed by atoms with E-state index in [1.807, 2.05) is 37.2 Å². The van der Waals surface area contributed by atoms with E-state index < -0.39 is 13.8 Å². The first-order valence-corrected chi connectivity index (χ1v) is 15.5. The number of carbonyl (C=O) groups is 1. The lowest BCUT2D eigenvalue weighted by Gasteiger charge is -2.18. The summed E-state index contributed by atoms with van der Waals surface area (Å²) in [6.45, 7) is 4.12. The van der Waals surface area contributed by atoms with Crippen LogP contribution in [0, 0.1) is 5.95 Å². The molecule has 0 spiro atoms. The van der Waals surface area contributed by atoms with Gasteiger partial charge in [-0.3, -0.25) is 18.4 Å². The second-order valence-corrected chi connectivity index (χ2v) is 11.7. The van der Waals surface area contributed by atoms with Crippen molar-refractivity contribution in [1.29, 1.82) is 0 Å². The number of aromatic nitrogens is 3. The van der Waals surface area contributed by atoms with E-state index in [1.165, 1.54) is 23.2 Å². The molecule has 0 N–H and O–H groups in total. The third-order valence-electron chi connectivity index (χ3n) is 6.59. The van der Waals surface area contributed by atoms with Crippen LogP contribution in [0.3, 0.4) is 0 Å². The molecule has 44 heavy (non-hydrogen) atoms. The zero-order valence-electron chi connectivity index (χ0n) is 25.7. The third-order valence-corrected chi connectivity index (χ3v) is 8.17. The van der Waals surface area contributed by atoms with Gasteiger partial charge < -0.3 is 19.1 Å². The number of ether oxygens (including phenoxy) is 1. The highest BCUT2D eigenvalue weighted by Crippen LogP contribution is 2.49. The number of hydrogen-bond acceptors (Lipinski definition) is 9. The molecule has 1 amide bonds. The molecule has 4 aromatic rings. The fourth-order valence-electron chi connectivity index (χ4n) is 4.45. The summed E-state index contributed by atoms with van der Waals surface area (Å²) in [4.78, 5) is 24.8. The number of pyridine rings is 2. The largest absolute Gasteiger partial charge is 0.497 e. The Morgan fingerprint density at radius 2 is 1.75 bits per heavy atom. The van der Waals surface area contributed by atoms with Gasteiger partial charge in [-0.2, -0.15) is 4.39 Å². The van der Waals surface area contributed by atoms with Crippen LogP contribution in [0.5, 0.6) is 5.75 Å². The maximum Gasteiger partial charge on any atom is 0.476 e. The fraction of sp³-hybridized carbons (Fsp3) is 0.323.